The van der Waals surface area contributed by atoms with Crippen LogP contribution in [0, 0.1) is 12.7 Å². The van der Waals surface area contributed by atoms with Crippen LogP contribution in [0.3, 0.4) is 0 Å². The first-order valence-electron chi connectivity index (χ1n) is 12.7. The fourth-order valence-corrected chi connectivity index (χ4v) is 4.65. The molecular weight excluding hydrogens is 519 g/mol. The van der Waals surface area contributed by atoms with Crippen molar-refractivity contribution in [1.82, 2.24) is 14.5 Å². The summed E-state index contributed by atoms with van der Waals surface area (Å²) in [6.45, 7) is 2.49. The summed E-state index contributed by atoms with van der Waals surface area (Å²) in [6.07, 6.45) is 3.27. The van der Waals surface area contributed by atoms with Crippen molar-refractivity contribution >= 4 is 29.4 Å². The highest BCUT2D eigenvalue weighted by Crippen LogP contribution is 2.26. The minimum absolute atomic E-state index is 0.0884. The van der Waals surface area contributed by atoms with Crippen LogP contribution < -0.4 is 5.32 Å². The number of imidazole rings is 1. The quantitative estimate of drug-likeness (QED) is 0.298. The third-order valence-electron chi connectivity index (χ3n) is 6.58. The Bertz CT molecular complexity index is 1460. The highest BCUT2D eigenvalue weighted by Gasteiger charge is 2.27. The van der Waals surface area contributed by atoms with Crippen LogP contribution in [-0.2, 0) is 9.53 Å². The second kappa shape index (κ2) is 11.8. The predicted octanol–water partition coefficient (Wildman–Crippen LogP) is 5.90. The predicted molar refractivity (Wildman–Crippen MR) is 149 cm³/mol. The standard InChI is InChI=1S/C30H28ClFN4O3/c1-20-8-14-23(15-9-20)36-18-27(21-10-12-22(31)13-11-21)33-30(36)34-28(37)19-35(17-24-5-4-16-39-24)29(38)25-6-2-3-7-26(25)32/h2-3,6-15,18,24H,4-5,16-17,19H2,1H3,(H,33,34,37)/t24-/m0/s1. The number of nitrogens with one attached hydrogen (secondary N) is 1. The maximum absolute atomic E-state index is 14.5. The van der Waals surface area contributed by atoms with Gasteiger partial charge in [0.2, 0.25) is 11.9 Å². The van der Waals surface area contributed by atoms with Crippen molar-refractivity contribution in [3.8, 4) is 16.9 Å². The zero-order chi connectivity index (χ0) is 27.4. The molecule has 1 aliphatic rings. The van der Waals surface area contributed by atoms with Crippen molar-refractivity contribution in [2.24, 2.45) is 0 Å². The first-order valence-corrected chi connectivity index (χ1v) is 13.1. The number of benzene rings is 3. The van der Waals surface area contributed by atoms with Crippen LogP contribution in [0.1, 0.15) is 28.8 Å². The summed E-state index contributed by atoms with van der Waals surface area (Å²) >= 11 is 6.06. The first kappa shape index (κ1) is 26.6. The Hall–Kier alpha value is -4.01. The van der Waals surface area contributed by atoms with E-state index < -0.39 is 17.6 Å². The van der Waals surface area contributed by atoms with Gasteiger partial charge in [-0.25, -0.2) is 9.37 Å². The maximum atomic E-state index is 14.5. The van der Waals surface area contributed by atoms with Gasteiger partial charge in [0.05, 0.1) is 17.4 Å². The van der Waals surface area contributed by atoms with E-state index in [9.17, 15) is 14.0 Å². The summed E-state index contributed by atoms with van der Waals surface area (Å²) in [7, 11) is 0. The van der Waals surface area contributed by atoms with Crippen LogP contribution >= 0.6 is 11.6 Å². The fraction of sp³-hybridized carbons (Fsp3) is 0.233. The van der Waals surface area contributed by atoms with Crippen LogP contribution in [0.15, 0.2) is 79.0 Å². The molecule has 1 N–H and O–H groups in total. The molecule has 7 nitrogen and oxygen atoms in total. The number of halogens is 2. The number of rotatable bonds is 8. The van der Waals surface area contributed by atoms with Gasteiger partial charge in [0.15, 0.2) is 0 Å². The second-order valence-electron chi connectivity index (χ2n) is 9.51. The molecule has 1 aliphatic heterocycles. The van der Waals surface area contributed by atoms with Gasteiger partial charge < -0.3 is 9.64 Å². The van der Waals surface area contributed by atoms with Gasteiger partial charge in [-0.2, -0.15) is 0 Å². The Morgan fingerprint density at radius 3 is 2.54 bits per heavy atom. The third-order valence-corrected chi connectivity index (χ3v) is 6.84. The number of hydrogen-bond donors (Lipinski definition) is 1. The average molecular weight is 547 g/mol. The summed E-state index contributed by atoms with van der Waals surface area (Å²) in [4.78, 5) is 32.6. The van der Waals surface area contributed by atoms with E-state index in [2.05, 4.69) is 10.3 Å². The highest BCUT2D eigenvalue weighted by atomic mass is 35.5. The molecule has 200 valence electrons. The number of amides is 2. The zero-order valence-corrected chi connectivity index (χ0v) is 22.2. The second-order valence-corrected chi connectivity index (χ2v) is 9.95. The summed E-state index contributed by atoms with van der Waals surface area (Å²) in [6, 6.07) is 20.8. The molecule has 2 amide bonds. The lowest BCUT2D eigenvalue weighted by atomic mass is 10.1. The van der Waals surface area contributed by atoms with Crippen molar-refractivity contribution in [2.75, 3.05) is 25.0 Å². The molecule has 0 spiro atoms. The lowest BCUT2D eigenvalue weighted by molar-refractivity contribution is -0.117. The molecule has 0 aliphatic carbocycles. The van der Waals surface area contributed by atoms with Gasteiger partial charge in [0.1, 0.15) is 12.4 Å². The Morgan fingerprint density at radius 1 is 1.10 bits per heavy atom. The molecule has 5 rings (SSSR count). The minimum atomic E-state index is -0.636. The van der Waals surface area contributed by atoms with Gasteiger partial charge >= 0.3 is 0 Å². The van der Waals surface area contributed by atoms with E-state index >= 15 is 0 Å². The van der Waals surface area contributed by atoms with E-state index in [-0.39, 0.29) is 24.8 Å². The van der Waals surface area contributed by atoms with E-state index in [1.807, 2.05) is 49.5 Å². The molecule has 39 heavy (non-hydrogen) atoms. The van der Waals surface area contributed by atoms with Gasteiger partial charge in [-0.15, -0.1) is 0 Å². The monoisotopic (exact) mass is 546 g/mol. The maximum Gasteiger partial charge on any atom is 0.257 e. The molecule has 4 aromatic rings. The van der Waals surface area contributed by atoms with E-state index in [4.69, 9.17) is 16.3 Å². The largest absolute Gasteiger partial charge is 0.376 e. The average Bonchev–Trinajstić information content (AvgIpc) is 3.59. The number of carbonyl (C=O) groups excluding carboxylic acids is 2. The van der Waals surface area contributed by atoms with Crippen LogP contribution in [0.5, 0.6) is 0 Å². The molecule has 1 fully saturated rings. The number of aromatic nitrogens is 2. The molecule has 1 saturated heterocycles. The normalized spacial score (nSPS) is 14.8. The Labute approximate surface area is 231 Å². The Kier molecular flexibility index (Phi) is 8.05. The highest BCUT2D eigenvalue weighted by molar-refractivity contribution is 6.30. The van der Waals surface area contributed by atoms with E-state index in [1.165, 1.54) is 23.1 Å². The van der Waals surface area contributed by atoms with Crippen LogP contribution in [-0.4, -0.2) is 52.1 Å². The molecule has 0 saturated carbocycles. The molecule has 3 aromatic carbocycles. The van der Waals surface area contributed by atoms with Gasteiger partial charge in [-0.3, -0.25) is 19.5 Å². The smallest absolute Gasteiger partial charge is 0.257 e. The van der Waals surface area contributed by atoms with Crippen molar-refractivity contribution in [3.63, 3.8) is 0 Å². The molecule has 1 aromatic heterocycles. The van der Waals surface area contributed by atoms with Gasteiger partial charge in [-0.05, 0) is 56.2 Å². The Morgan fingerprint density at radius 2 is 1.85 bits per heavy atom. The van der Waals surface area contributed by atoms with Crippen LogP contribution in [0.2, 0.25) is 5.02 Å². The summed E-state index contributed by atoms with van der Waals surface area (Å²) in [5.41, 5.74) is 3.28. The first-order chi connectivity index (χ1) is 18.9. The van der Waals surface area contributed by atoms with Crippen LogP contribution in [0.4, 0.5) is 10.3 Å². The molecule has 0 radical (unpaired) electrons. The summed E-state index contributed by atoms with van der Waals surface area (Å²) < 4.78 is 21.9. The van der Waals surface area contributed by atoms with Crippen molar-refractivity contribution < 1.29 is 18.7 Å². The summed E-state index contributed by atoms with van der Waals surface area (Å²) in [5, 5.41) is 3.47. The van der Waals surface area contributed by atoms with Crippen molar-refractivity contribution in [3.05, 3.63) is 101 Å². The molecule has 9 heteroatoms. The van der Waals surface area contributed by atoms with E-state index in [0.717, 1.165) is 29.7 Å². The number of ether oxygens (including phenoxy) is 1. The third kappa shape index (κ3) is 6.35. The van der Waals surface area contributed by atoms with Gasteiger partial charge in [0.25, 0.3) is 5.91 Å². The van der Waals surface area contributed by atoms with Gasteiger partial charge in [0, 0.05) is 35.6 Å². The minimum Gasteiger partial charge on any atom is -0.376 e. The Balaban J connectivity index is 1.42. The van der Waals surface area contributed by atoms with Crippen molar-refractivity contribution in [2.45, 2.75) is 25.9 Å². The zero-order valence-electron chi connectivity index (χ0n) is 21.4. The summed E-state index contributed by atoms with van der Waals surface area (Å²) in [5.74, 6) is -1.37. The molecule has 0 unspecified atom stereocenters. The van der Waals surface area contributed by atoms with Gasteiger partial charge in [-0.1, -0.05) is 53.6 Å². The lowest BCUT2D eigenvalue weighted by Gasteiger charge is -2.25. The fourth-order valence-electron chi connectivity index (χ4n) is 4.53. The van der Waals surface area contributed by atoms with E-state index in [1.54, 1.807) is 22.8 Å². The van der Waals surface area contributed by atoms with Crippen LogP contribution in [0.25, 0.3) is 16.9 Å². The molecular formula is C30H28ClFN4O3. The number of anilines is 1. The lowest BCUT2D eigenvalue weighted by Crippen LogP contribution is -2.42. The number of nitrogens with zero attached hydrogens (tertiary/aromatic N) is 3. The topological polar surface area (TPSA) is 76.5 Å². The molecule has 1 atom stereocenters. The number of carbonyl (C=O) groups is 2. The van der Waals surface area contributed by atoms with Crippen molar-refractivity contribution in [1.29, 1.82) is 0 Å². The SMILES string of the molecule is Cc1ccc(-n2cc(-c3ccc(Cl)cc3)nc2NC(=O)CN(C[C@@H]2CCCO2)C(=O)c2ccccc2F)cc1. The number of hydrogen-bond acceptors (Lipinski definition) is 4. The molecule has 2 heterocycles. The van der Waals surface area contributed by atoms with E-state index in [0.29, 0.717) is 23.3 Å². The molecule has 0 bridgehead atoms. The number of aryl methyl sites for hydroxylation is 1.